The van der Waals surface area contributed by atoms with E-state index in [1.165, 1.54) is 6.07 Å². The van der Waals surface area contributed by atoms with E-state index in [0.717, 1.165) is 12.1 Å². The molecule has 0 aliphatic heterocycles. The molecule has 0 fully saturated rings. The fraction of sp³-hybridized carbons (Fsp3) is 0. The second kappa shape index (κ2) is 5.51. The Labute approximate surface area is 113 Å². The molecule has 1 rings (SSSR count). The molecule has 7 nitrogen and oxygen atoms in total. The summed E-state index contributed by atoms with van der Waals surface area (Å²) in [5.41, 5.74) is 4.83. The van der Waals surface area contributed by atoms with Crippen LogP contribution in [0.5, 0.6) is 5.75 Å². The quantitative estimate of drug-likeness (QED) is 0.318. The smallest absolute Gasteiger partial charge is 0.545 e. The maximum absolute atomic E-state index is 10.5. The largest absolute Gasteiger partial charge is 1.00 e. The summed E-state index contributed by atoms with van der Waals surface area (Å²) in [5, 5.41) is 10.5. The molecule has 16 heavy (non-hydrogen) atoms. The number of anilines is 1. The maximum atomic E-state index is 10.5. The SMILES string of the molecule is Nc1ccc(C(=O)[O-])c(OS(=O)(=O)O)c1.[Na+]. The first kappa shape index (κ1) is 15.2. The van der Waals surface area contributed by atoms with Crippen LogP contribution in [-0.4, -0.2) is 18.9 Å². The Kier molecular flexibility index (Phi) is 5.23. The van der Waals surface area contributed by atoms with Crippen molar-refractivity contribution in [1.29, 1.82) is 0 Å². The summed E-state index contributed by atoms with van der Waals surface area (Å²) in [6.45, 7) is 0. The van der Waals surface area contributed by atoms with E-state index >= 15 is 0 Å². The zero-order valence-electron chi connectivity index (χ0n) is 8.21. The van der Waals surface area contributed by atoms with Crippen LogP contribution in [0.1, 0.15) is 10.4 Å². The van der Waals surface area contributed by atoms with E-state index in [9.17, 15) is 18.3 Å². The van der Waals surface area contributed by atoms with E-state index in [1.807, 2.05) is 0 Å². The number of hydrogen-bond donors (Lipinski definition) is 2. The first-order chi connectivity index (χ1) is 6.79. The van der Waals surface area contributed by atoms with E-state index in [-0.39, 0.29) is 35.2 Å². The van der Waals surface area contributed by atoms with Gasteiger partial charge in [0.2, 0.25) is 0 Å². The number of aromatic carboxylic acids is 1. The summed E-state index contributed by atoms with van der Waals surface area (Å²) in [4.78, 5) is 10.5. The first-order valence-corrected chi connectivity index (χ1v) is 4.94. The first-order valence-electron chi connectivity index (χ1n) is 3.57. The van der Waals surface area contributed by atoms with Gasteiger partial charge in [-0.05, 0) is 12.1 Å². The number of nitrogens with two attached hydrogens (primary N) is 1. The van der Waals surface area contributed by atoms with Crippen molar-refractivity contribution in [2.75, 3.05) is 5.73 Å². The number of carboxylic acid groups (broad SMARTS) is 1. The number of carbonyl (C=O) groups is 1. The van der Waals surface area contributed by atoms with E-state index in [4.69, 9.17) is 10.3 Å². The second-order valence-corrected chi connectivity index (χ2v) is 3.58. The van der Waals surface area contributed by atoms with Gasteiger partial charge in [-0.2, -0.15) is 8.42 Å². The minimum atomic E-state index is -4.80. The molecular formula is C7H6NNaO6S. The molecule has 0 heterocycles. The number of rotatable bonds is 3. The van der Waals surface area contributed by atoms with Gasteiger partial charge in [0, 0.05) is 17.3 Å². The molecule has 0 saturated heterocycles. The molecule has 0 amide bonds. The van der Waals surface area contributed by atoms with E-state index in [2.05, 4.69) is 4.18 Å². The summed E-state index contributed by atoms with van der Waals surface area (Å²) in [6.07, 6.45) is 0. The molecule has 0 saturated carbocycles. The van der Waals surface area contributed by atoms with Gasteiger partial charge < -0.3 is 19.8 Å². The molecule has 1 aromatic rings. The average molecular weight is 255 g/mol. The summed E-state index contributed by atoms with van der Waals surface area (Å²) >= 11 is 0. The molecule has 0 aliphatic rings. The third-order valence-electron chi connectivity index (χ3n) is 1.42. The van der Waals surface area contributed by atoms with Crippen LogP contribution in [0.2, 0.25) is 0 Å². The van der Waals surface area contributed by atoms with Gasteiger partial charge >= 0.3 is 40.0 Å². The Morgan fingerprint density at radius 2 is 2.00 bits per heavy atom. The normalized spacial score (nSPS) is 10.3. The third kappa shape index (κ3) is 4.37. The summed E-state index contributed by atoms with van der Waals surface area (Å²) in [7, 11) is -4.80. The standard InChI is InChI=1S/C7H7NO6S.Na/c8-4-1-2-5(7(9)10)6(3-4)14-15(11,12)13;/h1-3H,8H2,(H,9,10)(H,11,12,13);/q;+1/p-1. The number of benzene rings is 1. The van der Waals surface area contributed by atoms with E-state index in [1.54, 1.807) is 0 Å². The molecule has 9 heteroatoms. The molecule has 0 bridgehead atoms. The van der Waals surface area contributed by atoms with Gasteiger partial charge in [0.15, 0.2) is 5.75 Å². The Morgan fingerprint density at radius 3 is 2.44 bits per heavy atom. The van der Waals surface area contributed by atoms with Crippen molar-refractivity contribution in [3.8, 4) is 5.75 Å². The van der Waals surface area contributed by atoms with Crippen molar-refractivity contribution in [2.24, 2.45) is 0 Å². The molecule has 0 aliphatic carbocycles. The Morgan fingerprint density at radius 1 is 1.44 bits per heavy atom. The molecule has 0 spiro atoms. The molecule has 82 valence electrons. The predicted octanol–water partition coefficient (Wildman–Crippen LogP) is -4.18. The summed E-state index contributed by atoms with van der Waals surface area (Å²) < 4.78 is 33.1. The van der Waals surface area contributed by atoms with Crippen LogP contribution >= 0.6 is 0 Å². The zero-order valence-corrected chi connectivity index (χ0v) is 11.0. The number of hydrogen-bond acceptors (Lipinski definition) is 6. The fourth-order valence-electron chi connectivity index (χ4n) is 0.890. The second-order valence-electron chi connectivity index (χ2n) is 2.55. The van der Waals surface area contributed by atoms with Gasteiger partial charge in [0.1, 0.15) is 0 Å². The topological polar surface area (TPSA) is 130 Å². The number of carboxylic acids is 1. The van der Waals surface area contributed by atoms with Gasteiger partial charge in [-0.15, -0.1) is 0 Å². The number of carbonyl (C=O) groups excluding carboxylic acids is 1. The Balaban J connectivity index is 0.00000225. The minimum absolute atomic E-state index is 0. The molecule has 0 aromatic heterocycles. The van der Waals surface area contributed by atoms with Crippen molar-refractivity contribution < 1.29 is 56.6 Å². The fourth-order valence-corrected chi connectivity index (χ4v) is 1.25. The van der Waals surface area contributed by atoms with Gasteiger partial charge in [-0.3, -0.25) is 4.55 Å². The average Bonchev–Trinajstić information content (AvgIpc) is 1.99. The van der Waals surface area contributed by atoms with Crippen LogP contribution in [0.3, 0.4) is 0 Å². The van der Waals surface area contributed by atoms with Crippen LogP contribution in [0, 0.1) is 0 Å². The van der Waals surface area contributed by atoms with Crippen LogP contribution < -0.4 is 44.6 Å². The van der Waals surface area contributed by atoms with Crippen molar-refractivity contribution in [3.05, 3.63) is 23.8 Å². The predicted molar refractivity (Wildman–Crippen MR) is 47.4 cm³/mol. The van der Waals surface area contributed by atoms with Crippen LogP contribution in [0.15, 0.2) is 18.2 Å². The van der Waals surface area contributed by atoms with E-state index < -0.39 is 27.7 Å². The van der Waals surface area contributed by atoms with Crippen LogP contribution in [0.4, 0.5) is 5.69 Å². The molecule has 0 atom stereocenters. The molecular weight excluding hydrogens is 249 g/mol. The summed E-state index contributed by atoms with van der Waals surface area (Å²) in [5.74, 6) is -2.24. The van der Waals surface area contributed by atoms with Crippen LogP contribution in [-0.2, 0) is 10.4 Å². The molecule has 1 aromatic carbocycles. The van der Waals surface area contributed by atoms with Gasteiger partial charge in [-0.25, -0.2) is 0 Å². The van der Waals surface area contributed by atoms with Gasteiger partial charge in [-0.1, -0.05) is 0 Å². The Hall–Kier alpha value is -0.800. The van der Waals surface area contributed by atoms with Crippen molar-refractivity contribution in [2.45, 2.75) is 0 Å². The maximum Gasteiger partial charge on any atom is 1.00 e. The monoisotopic (exact) mass is 255 g/mol. The van der Waals surface area contributed by atoms with Crippen LogP contribution in [0.25, 0.3) is 0 Å². The zero-order chi connectivity index (χ0) is 11.6. The summed E-state index contributed by atoms with van der Waals surface area (Å²) in [6, 6.07) is 3.17. The van der Waals surface area contributed by atoms with Gasteiger partial charge in [0.05, 0.1) is 5.97 Å². The number of nitrogen functional groups attached to an aromatic ring is 1. The third-order valence-corrected chi connectivity index (χ3v) is 1.81. The van der Waals surface area contributed by atoms with E-state index in [0.29, 0.717) is 0 Å². The Bertz CT molecular complexity index is 500. The van der Waals surface area contributed by atoms with Crippen molar-refractivity contribution in [3.63, 3.8) is 0 Å². The van der Waals surface area contributed by atoms with Gasteiger partial charge in [0.25, 0.3) is 0 Å². The minimum Gasteiger partial charge on any atom is -0.545 e. The van der Waals surface area contributed by atoms with Crippen molar-refractivity contribution >= 4 is 22.1 Å². The molecule has 0 unspecified atom stereocenters. The van der Waals surface area contributed by atoms with Crippen molar-refractivity contribution in [1.82, 2.24) is 0 Å². The molecule has 3 N–H and O–H groups in total. The molecule has 0 radical (unpaired) electrons.